The van der Waals surface area contributed by atoms with Gasteiger partial charge in [-0.25, -0.2) is 12.7 Å². The van der Waals surface area contributed by atoms with Gasteiger partial charge >= 0.3 is 0 Å². The van der Waals surface area contributed by atoms with Gasteiger partial charge in [0.15, 0.2) is 0 Å². The van der Waals surface area contributed by atoms with Crippen LogP contribution in [0.1, 0.15) is 25.3 Å². The molecular weight excluding hydrogens is 300 g/mol. The highest BCUT2D eigenvalue weighted by atomic mass is 32.2. The molecule has 0 saturated carbocycles. The molecule has 2 rings (SSSR count). The number of phenols is 1. The van der Waals surface area contributed by atoms with Crippen LogP contribution in [-0.2, 0) is 16.4 Å². The van der Waals surface area contributed by atoms with Crippen molar-refractivity contribution < 1.29 is 13.5 Å². The van der Waals surface area contributed by atoms with Crippen molar-refractivity contribution in [3.63, 3.8) is 0 Å². The van der Waals surface area contributed by atoms with Gasteiger partial charge in [-0.15, -0.1) is 0 Å². The van der Waals surface area contributed by atoms with Crippen LogP contribution in [0.25, 0.3) is 0 Å². The monoisotopic (exact) mass is 326 g/mol. The molecule has 0 radical (unpaired) electrons. The van der Waals surface area contributed by atoms with Crippen LogP contribution in [-0.4, -0.2) is 49.8 Å². The van der Waals surface area contributed by atoms with E-state index in [-0.39, 0.29) is 0 Å². The van der Waals surface area contributed by atoms with Crippen LogP contribution in [0.3, 0.4) is 0 Å². The molecule has 2 atom stereocenters. The summed E-state index contributed by atoms with van der Waals surface area (Å²) < 4.78 is 24.5. The normalized spacial score (nSPS) is 21.1. The number of aromatic hydroxyl groups is 1. The minimum atomic E-state index is -3.04. The first-order valence-electron chi connectivity index (χ1n) is 7.81. The van der Waals surface area contributed by atoms with Crippen LogP contribution in [0, 0.1) is 5.92 Å². The van der Waals surface area contributed by atoms with Crippen LogP contribution < -0.4 is 5.32 Å². The van der Waals surface area contributed by atoms with Crippen LogP contribution in [0.5, 0.6) is 5.75 Å². The molecule has 124 valence electrons. The average Bonchev–Trinajstić information content (AvgIpc) is 2.93. The minimum absolute atomic E-state index is 0.298. The second-order valence-corrected chi connectivity index (χ2v) is 8.27. The lowest BCUT2D eigenvalue weighted by Crippen LogP contribution is -2.34. The fourth-order valence-electron chi connectivity index (χ4n) is 2.78. The van der Waals surface area contributed by atoms with Crippen molar-refractivity contribution in [3.05, 3.63) is 29.8 Å². The fraction of sp³-hybridized carbons (Fsp3) is 0.625. The summed E-state index contributed by atoms with van der Waals surface area (Å²) in [4.78, 5) is 0. The third-order valence-corrected chi connectivity index (χ3v) is 5.54. The summed E-state index contributed by atoms with van der Waals surface area (Å²) in [5, 5.41) is 12.8. The maximum atomic E-state index is 11.5. The molecule has 2 N–H and O–H groups in total. The molecule has 1 fully saturated rings. The molecule has 1 aliphatic rings. The van der Waals surface area contributed by atoms with E-state index in [9.17, 15) is 13.5 Å². The Kier molecular flexibility index (Phi) is 5.83. The van der Waals surface area contributed by atoms with Gasteiger partial charge in [-0.1, -0.05) is 12.1 Å². The van der Waals surface area contributed by atoms with Gasteiger partial charge in [0.2, 0.25) is 10.0 Å². The van der Waals surface area contributed by atoms with Crippen molar-refractivity contribution in [2.24, 2.45) is 5.92 Å². The standard InChI is InChI=1S/C16H26N2O3S/c1-13(3-4-14-5-7-16(19)8-6-14)17-11-15-9-10-18(12-15)22(2,20)21/h5-8,13,15,17,19H,3-4,9-12H2,1-2H3/t13-,15+/m0/s1. The quantitative estimate of drug-likeness (QED) is 0.798. The van der Waals surface area contributed by atoms with Gasteiger partial charge in [0.1, 0.15) is 5.75 Å². The van der Waals surface area contributed by atoms with Gasteiger partial charge in [-0.3, -0.25) is 0 Å². The van der Waals surface area contributed by atoms with Gasteiger partial charge in [-0.05, 0) is 56.3 Å². The van der Waals surface area contributed by atoms with Crippen molar-refractivity contribution in [2.45, 2.75) is 32.2 Å². The maximum Gasteiger partial charge on any atom is 0.211 e. The molecule has 1 heterocycles. The van der Waals surface area contributed by atoms with Crippen LogP contribution in [0.4, 0.5) is 0 Å². The summed E-state index contributed by atoms with van der Waals surface area (Å²) in [6.45, 7) is 4.30. The van der Waals surface area contributed by atoms with Crippen LogP contribution >= 0.6 is 0 Å². The van der Waals surface area contributed by atoms with Gasteiger partial charge < -0.3 is 10.4 Å². The molecular formula is C16H26N2O3S. The second-order valence-electron chi connectivity index (χ2n) is 6.29. The van der Waals surface area contributed by atoms with E-state index >= 15 is 0 Å². The molecule has 5 nitrogen and oxygen atoms in total. The second kappa shape index (κ2) is 7.44. The number of benzene rings is 1. The third kappa shape index (κ3) is 5.26. The van der Waals surface area contributed by atoms with Crippen molar-refractivity contribution >= 4 is 10.0 Å². The van der Waals surface area contributed by atoms with Crippen molar-refractivity contribution in [3.8, 4) is 5.75 Å². The summed E-state index contributed by atoms with van der Waals surface area (Å²) in [5.74, 6) is 0.706. The van der Waals surface area contributed by atoms with Crippen LogP contribution in [0.15, 0.2) is 24.3 Å². The highest BCUT2D eigenvalue weighted by Crippen LogP contribution is 2.18. The summed E-state index contributed by atoms with van der Waals surface area (Å²) in [7, 11) is -3.04. The van der Waals surface area contributed by atoms with Gasteiger partial charge in [0.25, 0.3) is 0 Å². The van der Waals surface area contributed by atoms with E-state index in [1.165, 1.54) is 11.8 Å². The Labute approximate surface area is 133 Å². The topological polar surface area (TPSA) is 69.6 Å². The van der Waals surface area contributed by atoms with E-state index in [0.717, 1.165) is 25.8 Å². The summed E-state index contributed by atoms with van der Waals surface area (Å²) >= 11 is 0. The minimum Gasteiger partial charge on any atom is -0.508 e. The lowest BCUT2D eigenvalue weighted by Gasteiger charge is -2.18. The lowest BCUT2D eigenvalue weighted by molar-refractivity contribution is 0.420. The molecule has 1 saturated heterocycles. The molecule has 1 aromatic rings. The van der Waals surface area contributed by atoms with Crippen LogP contribution in [0.2, 0.25) is 0 Å². The predicted octanol–water partition coefficient (Wildman–Crippen LogP) is 1.58. The zero-order valence-corrected chi connectivity index (χ0v) is 14.1. The number of rotatable bonds is 7. The van der Waals surface area contributed by atoms with E-state index in [4.69, 9.17) is 0 Å². The summed E-state index contributed by atoms with van der Waals surface area (Å²) in [6.07, 6.45) is 4.20. The van der Waals surface area contributed by atoms with Crippen molar-refractivity contribution in [1.82, 2.24) is 9.62 Å². The SMILES string of the molecule is C[C@@H](CCc1ccc(O)cc1)NC[C@H]1CCN(S(C)(=O)=O)C1. The Morgan fingerprint density at radius 2 is 2.05 bits per heavy atom. The number of hydrogen-bond donors (Lipinski definition) is 2. The smallest absolute Gasteiger partial charge is 0.211 e. The van der Waals surface area contributed by atoms with Gasteiger partial charge in [0.05, 0.1) is 6.26 Å². The first kappa shape index (κ1) is 17.2. The maximum absolute atomic E-state index is 11.5. The number of nitrogens with one attached hydrogen (secondary N) is 1. The van der Waals surface area contributed by atoms with E-state index < -0.39 is 10.0 Å². The zero-order chi connectivity index (χ0) is 16.2. The first-order chi connectivity index (χ1) is 10.3. The number of sulfonamides is 1. The van der Waals surface area contributed by atoms with E-state index in [0.29, 0.717) is 30.8 Å². The van der Waals surface area contributed by atoms with E-state index in [1.807, 2.05) is 12.1 Å². The average molecular weight is 326 g/mol. The Balaban J connectivity index is 1.68. The molecule has 0 aliphatic carbocycles. The fourth-order valence-corrected chi connectivity index (χ4v) is 3.70. The molecule has 1 aliphatic heterocycles. The third-order valence-electron chi connectivity index (χ3n) is 4.27. The van der Waals surface area contributed by atoms with Crippen molar-refractivity contribution in [2.75, 3.05) is 25.9 Å². The Morgan fingerprint density at radius 1 is 1.36 bits per heavy atom. The summed E-state index contributed by atoms with van der Waals surface area (Å²) in [5.41, 5.74) is 1.22. The molecule has 22 heavy (non-hydrogen) atoms. The highest BCUT2D eigenvalue weighted by Gasteiger charge is 2.28. The largest absolute Gasteiger partial charge is 0.508 e. The first-order valence-corrected chi connectivity index (χ1v) is 9.66. The molecule has 0 aromatic heterocycles. The number of hydrogen-bond acceptors (Lipinski definition) is 4. The number of nitrogens with zero attached hydrogens (tertiary/aromatic N) is 1. The molecule has 6 heteroatoms. The molecule has 1 aromatic carbocycles. The van der Waals surface area contributed by atoms with E-state index in [1.54, 1.807) is 16.4 Å². The molecule has 0 spiro atoms. The molecule has 0 bridgehead atoms. The van der Waals surface area contributed by atoms with Gasteiger partial charge in [-0.2, -0.15) is 0 Å². The molecule has 0 amide bonds. The van der Waals surface area contributed by atoms with E-state index in [2.05, 4.69) is 12.2 Å². The summed E-state index contributed by atoms with van der Waals surface area (Å²) in [6, 6.07) is 7.71. The Morgan fingerprint density at radius 3 is 2.64 bits per heavy atom. The van der Waals surface area contributed by atoms with Crippen molar-refractivity contribution in [1.29, 1.82) is 0 Å². The molecule has 0 unspecified atom stereocenters. The van der Waals surface area contributed by atoms with Gasteiger partial charge in [0, 0.05) is 19.1 Å². The Hall–Kier alpha value is -1.11. The lowest BCUT2D eigenvalue weighted by atomic mass is 10.0. The highest BCUT2D eigenvalue weighted by molar-refractivity contribution is 7.88. The Bertz CT molecular complexity index is 572. The number of phenolic OH excluding ortho intramolecular Hbond substituents is 1. The zero-order valence-electron chi connectivity index (χ0n) is 13.3. The predicted molar refractivity (Wildman–Crippen MR) is 88.4 cm³/mol. The number of aryl methyl sites for hydroxylation is 1.